The van der Waals surface area contributed by atoms with Gasteiger partial charge in [0.2, 0.25) is 6.36 Å². The van der Waals surface area contributed by atoms with Crippen LogP contribution in [0.1, 0.15) is 18.9 Å². The Labute approximate surface area is 133 Å². The summed E-state index contributed by atoms with van der Waals surface area (Å²) in [5, 5.41) is 3.44. The van der Waals surface area contributed by atoms with Crippen LogP contribution in [0, 0.1) is 0 Å². The monoisotopic (exact) mass is 323 g/mol. The molecule has 0 aliphatic carbocycles. The van der Waals surface area contributed by atoms with E-state index in [-0.39, 0.29) is 19.6 Å². The maximum atomic E-state index is 14.1. The summed E-state index contributed by atoms with van der Waals surface area (Å²) >= 11 is 0. The Morgan fingerprint density at radius 2 is 2.22 bits per heavy atom. The minimum Gasteiger partial charge on any atom is -0.463 e. The van der Waals surface area contributed by atoms with Gasteiger partial charge in [0.05, 0.1) is 18.8 Å². The molecule has 1 heterocycles. The topological polar surface area (TPSA) is 93.5 Å². The molecule has 23 heavy (non-hydrogen) atoms. The van der Waals surface area contributed by atoms with Crippen LogP contribution in [-0.4, -0.2) is 37.2 Å². The van der Waals surface area contributed by atoms with Gasteiger partial charge in [-0.05, 0) is 11.1 Å². The predicted molar refractivity (Wildman–Crippen MR) is 79.0 cm³/mol. The van der Waals surface area contributed by atoms with E-state index in [0.717, 1.165) is 5.56 Å². The van der Waals surface area contributed by atoms with Crippen molar-refractivity contribution in [1.29, 1.82) is 0 Å². The molecule has 0 spiro atoms. The number of benzene rings is 1. The van der Waals surface area contributed by atoms with Crippen molar-refractivity contribution in [3.63, 3.8) is 0 Å². The van der Waals surface area contributed by atoms with Crippen molar-refractivity contribution in [1.82, 2.24) is 0 Å². The van der Waals surface area contributed by atoms with Crippen LogP contribution in [0.5, 0.6) is 0 Å². The fourth-order valence-corrected chi connectivity index (χ4v) is 2.34. The minimum atomic E-state index is -1.80. The molecule has 4 atom stereocenters. The van der Waals surface area contributed by atoms with Gasteiger partial charge < -0.3 is 14.2 Å². The molecule has 0 bridgehead atoms. The van der Waals surface area contributed by atoms with Gasteiger partial charge in [0.1, 0.15) is 12.6 Å². The van der Waals surface area contributed by atoms with Gasteiger partial charge in [0, 0.05) is 18.3 Å². The highest BCUT2D eigenvalue weighted by molar-refractivity contribution is 5.65. The SMILES string of the molecule is CC(=O)OC[C@@H]1C[C@H](OCc2ccccc2)[C@@H](N=[N+]=[N-])C(F)O1. The van der Waals surface area contributed by atoms with E-state index in [1.165, 1.54) is 6.92 Å². The number of nitrogens with zero attached hydrogens (tertiary/aromatic N) is 3. The number of ether oxygens (including phenoxy) is 3. The van der Waals surface area contributed by atoms with Crippen molar-refractivity contribution in [3.05, 3.63) is 46.3 Å². The van der Waals surface area contributed by atoms with Gasteiger partial charge in [-0.3, -0.25) is 4.79 Å². The van der Waals surface area contributed by atoms with E-state index in [2.05, 4.69) is 10.0 Å². The maximum absolute atomic E-state index is 14.1. The van der Waals surface area contributed by atoms with E-state index in [9.17, 15) is 9.18 Å². The van der Waals surface area contributed by atoms with Crippen LogP contribution in [0.25, 0.3) is 10.4 Å². The molecule has 0 saturated carbocycles. The van der Waals surface area contributed by atoms with E-state index < -0.39 is 30.6 Å². The third kappa shape index (κ3) is 5.21. The van der Waals surface area contributed by atoms with Crippen LogP contribution >= 0.6 is 0 Å². The van der Waals surface area contributed by atoms with Crippen molar-refractivity contribution >= 4 is 5.97 Å². The number of azide groups is 1. The van der Waals surface area contributed by atoms with E-state index in [1.54, 1.807) is 0 Å². The Bertz CT molecular complexity index is 565. The van der Waals surface area contributed by atoms with E-state index >= 15 is 0 Å². The number of hydrogen-bond acceptors (Lipinski definition) is 5. The summed E-state index contributed by atoms with van der Waals surface area (Å²) in [5.74, 6) is -0.470. The zero-order valence-electron chi connectivity index (χ0n) is 12.7. The Morgan fingerprint density at radius 3 is 2.87 bits per heavy atom. The molecule has 1 fully saturated rings. The van der Waals surface area contributed by atoms with Gasteiger partial charge in [-0.1, -0.05) is 35.4 Å². The van der Waals surface area contributed by atoms with Crippen molar-refractivity contribution in [2.24, 2.45) is 5.11 Å². The molecule has 0 N–H and O–H groups in total. The fraction of sp³-hybridized carbons (Fsp3) is 0.533. The standard InChI is InChI=1S/C15H18FN3O4/c1-10(20)21-9-12-7-13(14(18-19-17)15(16)23-12)22-8-11-5-3-2-4-6-11/h2-6,12-15H,7-9H2,1H3/t12-,13-,14+,15?/m0/s1. The van der Waals surface area contributed by atoms with Crippen molar-refractivity contribution in [2.75, 3.05) is 6.61 Å². The fourth-order valence-electron chi connectivity index (χ4n) is 2.34. The summed E-state index contributed by atoms with van der Waals surface area (Å²) in [7, 11) is 0. The number of rotatable bonds is 6. The summed E-state index contributed by atoms with van der Waals surface area (Å²) in [6, 6.07) is 8.31. The van der Waals surface area contributed by atoms with Gasteiger partial charge in [0.15, 0.2) is 0 Å². The lowest BCUT2D eigenvalue weighted by molar-refractivity contribution is -0.192. The Kier molecular flexibility index (Phi) is 6.34. The quantitative estimate of drug-likeness (QED) is 0.348. The van der Waals surface area contributed by atoms with Gasteiger partial charge in [-0.15, -0.1) is 0 Å². The number of alkyl halides is 1. The Balaban J connectivity index is 2.00. The third-order valence-electron chi connectivity index (χ3n) is 3.43. The number of halogens is 1. The number of carbonyl (C=O) groups excluding carboxylic acids is 1. The van der Waals surface area contributed by atoms with E-state index in [1.807, 2.05) is 30.3 Å². The van der Waals surface area contributed by atoms with Gasteiger partial charge in [-0.25, -0.2) is 4.39 Å². The molecule has 1 aromatic rings. The molecule has 1 aliphatic heterocycles. The second-order valence-corrected chi connectivity index (χ2v) is 5.18. The summed E-state index contributed by atoms with van der Waals surface area (Å²) in [4.78, 5) is 13.5. The maximum Gasteiger partial charge on any atom is 0.302 e. The Hall–Kier alpha value is -2.15. The lowest BCUT2D eigenvalue weighted by Crippen LogP contribution is -2.47. The lowest BCUT2D eigenvalue weighted by Gasteiger charge is -2.35. The molecule has 8 heteroatoms. The highest BCUT2D eigenvalue weighted by Gasteiger charge is 2.39. The predicted octanol–water partition coefficient (Wildman–Crippen LogP) is 2.90. The van der Waals surface area contributed by atoms with Crippen LogP contribution in [0.2, 0.25) is 0 Å². The van der Waals surface area contributed by atoms with Gasteiger partial charge >= 0.3 is 5.97 Å². The first-order valence-corrected chi connectivity index (χ1v) is 7.22. The third-order valence-corrected chi connectivity index (χ3v) is 3.43. The number of esters is 1. The normalized spacial score (nSPS) is 27.0. The average molecular weight is 323 g/mol. The second-order valence-electron chi connectivity index (χ2n) is 5.18. The zero-order chi connectivity index (χ0) is 16.7. The molecule has 1 unspecified atom stereocenters. The molecule has 2 rings (SSSR count). The van der Waals surface area contributed by atoms with Crippen molar-refractivity contribution in [3.8, 4) is 0 Å². The van der Waals surface area contributed by atoms with E-state index in [0.29, 0.717) is 0 Å². The summed E-state index contributed by atoms with van der Waals surface area (Å²) in [5.41, 5.74) is 9.51. The highest BCUT2D eigenvalue weighted by atomic mass is 19.1. The molecule has 0 amide bonds. The van der Waals surface area contributed by atoms with Crippen molar-refractivity contribution in [2.45, 2.75) is 44.6 Å². The molecular weight excluding hydrogens is 305 g/mol. The number of carbonyl (C=O) groups is 1. The first kappa shape index (κ1) is 17.2. The first-order chi connectivity index (χ1) is 11.1. The van der Waals surface area contributed by atoms with Gasteiger partial charge in [-0.2, -0.15) is 0 Å². The van der Waals surface area contributed by atoms with Crippen LogP contribution in [0.15, 0.2) is 35.4 Å². The molecule has 1 aromatic carbocycles. The van der Waals surface area contributed by atoms with Crippen LogP contribution in [-0.2, 0) is 25.6 Å². The van der Waals surface area contributed by atoms with Crippen molar-refractivity contribution < 1.29 is 23.4 Å². The molecule has 7 nitrogen and oxygen atoms in total. The van der Waals surface area contributed by atoms with Gasteiger partial charge in [0.25, 0.3) is 0 Å². The summed E-state index contributed by atoms with van der Waals surface area (Å²) in [6.45, 7) is 1.46. The molecule has 0 radical (unpaired) electrons. The molecule has 124 valence electrons. The molecule has 1 saturated heterocycles. The number of hydrogen-bond donors (Lipinski definition) is 0. The van der Waals surface area contributed by atoms with Crippen LogP contribution in [0.4, 0.5) is 4.39 Å². The van der Waals surface area contributed by atoms with Crippen LogP contribution in [0.3, 0.4) is 0 Å². The molecule has 0 aromatic heterocycles. The van der Waals surface area contributed by atoms with E-state index in [4.69, 9.17) is 19.7 Å². The molecule has 1 aliphatic rings. The highest BCUT2D eigenvalue weighted by Crippen LogP contribution is 2.27. The van der Waals surface area contributed by atoms with Crippen LogP contribution < -0.4 is 0 Å². The average Bonchev–Trinajstić information content (AvgIpc) is 2.54. The first-order valence-electron chi connectivity index (χ1n) is 7.22. The summed E-state index contributed by atoms with van der Waals surface area (Å²) in [6.07, 6.45) is -2.83. The Morgan fingerprint density at radius 1 is 1.48 bits per heavy atom. The minimum absolute atomic E-state index is 0.0655. The largest absolute Gasteiger partial charge is 0.463 e. The second kappa shape index (κ2) is 8.47. The molecular formula is C15H18FN3O4. The summed E-state index contributed by atoms with van der Waals surface area (Å²) < 4.78 is 29.7. The zero-order valence-corrected chi connectivity index (χ0v) is 12.7. The smallest absolute Gasteiger partial charge is 0.302 e. The lowest BCUT2D eigenvalue weighted by atomic mass is 10.0.